The lowest BCUT2D eigenvalue weighted by Crippen LogP contribution is -2.16. The maximum atomic E-state index is 12.3. The molecule has 22 heavy (non-hydrogen) atoms. The maximum absolute atomic E-state index is 12.3. The number of ketones is 1. The number of phenols is 1. The minimum absolute atomic E-state index is 0.000753. The normalized spacial score (nSPS) is 11.0. The average Bonchev–Trinajstić information content (AvgIpc) is 2.48. The molecule has 0 aliphatic carbocycles. The van der Waals surface area contributed by atoms with E-state index in [2.05, 4.69) is 0 Å². The Bertz CT molecular complexity index is 804. The first-order valence-corrected chi connectivity index (χ1v) is 7.66. The number of Topliss-reactive ketones (excluding diaryl/α,β-unsaturated/α-hetero) is 1. The number of carbonyl (C=O) groups is 2. The van der Waals surface area contributed by atoms with E-state index in [9.17, 15) is 23.1 Å². The quantitative estimate of drug-likeness (QED) is 0.523. The second-order valence-corrected chi connectivity index (χ2v) is 6.36. The van der Waals surface area contributed by atoms with Crippen LogP contribution in [0.3, 0.4) is 0 Å². The molecule has 0 unspecified atom stereocenters. The highest BCUT2D eigenvalue weighted by Gasteiger charge is 2.18. The number of rotatable bonds is 4. The van der Waals surface area contributed by atoms with Crippen molar-refractivity contribution < 1.29 is 27.9 Å². The van der Waals surface area contributed by atoms with Crippen molar-refractivity contribution in [3.63, 3.8) is 0 Å². The number of hydrogen-bond donors (Lipinski definition) is 1. The first-order chi connectivity index (χ1) is 10.3. The summed E-state index contributed by atoms with van der Waals surface area (Å²) in [5.41, 5.74) is 0. The van der Waals surface area contributed by atoms with Gasteiger partial charge in [-0.05, 0) is 48.5 Å². The summed E-state index contributed by atoms with van der Waals surface area (Å²) in [6, 6.07) is 10.2. The summed E-state index contributed by atoms with van der Waals surface area (Å²) in [7, 11) is -3.74. The predicted octanol–water partition coefficient (Wildman–Crippen LogP) is 1.72. The second kappa shape index (κ2) is 5.98. The lowest BCUT2D eigenvalue weighted by atomic mass is 10.3. The van der Waals surface area contributed by atoms with Gasteiger partial charge in [-0.15, -0.1) is 0 Å². The molecular weight excluding hydrogens is 308 g/mol. The van der Waals surface area contributed by atoms with Crippen molar-refractivity contribution in [3.8, 4) is 11.5 Å². The Morgan fingerprint density at radius 3 is 1.82 bits per heavy atom. The summed E-state index contributed by atoms with van der Waals surface area (Å²) in [4.78, 5) is 22.0. The molecule has 0 heterocycles. The van der Waals surface area contributed by atoms with Gasteiger partial charge in [-0.25, -0.2) is 13.2 Å². The van der Waals surface area contributed by atoms with E-state index in [0.29, 0.717) is 0 Å². The summed E-state index contributed by atoms with van der Waals surface area (Å²) in [5.74, 6) is -1.73. The molecule has 0 saturated carbocycles. The molecule has 7 heteroatoms. The number of esters is 1. The summed E-state index contributed by atoms with van der Waals surface area (Å²) >= 11 is 0. The van der Waals surface area contributed by atoms with E-state index in [-0.39, 0.29) is 21.3 Å². The van der Waals surface area contributed by atoms with Crippen molar-refractivity contribution in [1.82, 2.24) is 0 Å². The van der Waals surface area contributed by atoms with E-state index in [4.69, 9.17) is 4.74 Å². The van der Waals surface area contributed by atoms with E-state index >= 15 is 0 Å². The number of benzene rings is 2. The number of hydrogen-bond acceptors (Lipinski definition) is 6. The molecule has 2 aromatic rings. The molecule has 6 nitrogen and oxygen atoms in total. The average molecular weight is 320 g/mol. The molecule has 0 spiro atoms. The zero-order chi connectivity index (χ0) is 16.3. The fourth-order valence-corrected chi connectivity index (χ4v) is 2.89. The summed E-state index contributed by atoms with van der Waals surface area (Å²) in [5, 5.41) is 9.19. The molecule has 0 aliphatic heterocycles. The van der Waals surface area contributed by atoms with Crippen LogP contribution < -0.4 is 4.74 Å². The van der Waals surface area contributed by atoms with Gasteiger partial charge in [0.05, 0.1) is 9.79 Å². The van der Waals surface area contributed by atoms with Crippen LogP contribution in [0, 0.1) is 0 Å². The Morgan fingerprint density at radius 2 is 1.36 bits per heavy atom. The fourth-order valence-electron chi connectivity index (χ4n) is 1.63. The maximum Gasteiger partial charge on any atom is 0.379 e. The lowest BCUT2D eigenvalue weighted by Gasteiger charge is -2.06. The predicted molar refractivity (Wildman–Crippen MR) is 76.3 cm³/mol. The number of ether oxygens (including phenoxy) is 1. The first kappa shape index (κ1) is 15.7. The van der Waals surface area contributed by atoms with Crippen LogP contribution in [0.1, 0.15) is 6.92 Å². The minimum atomic E-state index is -3.74. The van der Waals surface area contributed by atoms with Crippen molar-refractivity contribution in [3.05, 3.63) is 48.5 Å². The van der Waals surface area contributed by atoms with Gasteiger partial charge in [-0.2, -0.15) is 0 Å². The van der Waals surface area contributed by atoms with Crippen LogP contribution in [0.4, 0.5) is 0 Å². The Hall–Kier alpha value is -2.67. The molecule has 0 amide bonds. The first-order valence-electron chi connectivity index (χ1n) is 6.17. The number of carbonyl (C=O) groups excluding carboxylic acids is 2. The number of phenolic OH excluding ortho intramolecular Hbond substituents is 1. The molecule has 114 valence electrons. The van der Waals surface area contributed by atoms with Gasteiger partial charge in [0, 0.05) is 6.92 Å². The largest absolute Gasteiger partial charge is 0.508 e. The van der Waals surface area contributed by atoms with E-state index in [1.807, 2.05) is 0 Å². The van der Waals surface area contributed by atoms with Gasteiger partial charge in [0.2, 0.25) is 15.6 Å². The smallest absolute Gasteiger partial charge is 0.379 e. The molecule has 0 aromatic heterocycles. The Morgan fingerprint density at radius 1 is 0.909 bits per heavy atom. The Kier molecular flexibility index (Phi) is 4.27. The van der Waals surface area contributed by atoms with Crippen LogP contribution in [0.5, 0.6) is 11.5 Å². The van der Waals surface area contributed by atoms with Gasteiger partial charge >= 0.3 is 5.97 Å². The van der Waals surface area contributed by atoms with Gasteiger partial charge in [0.25, 0.3) is 0 Å². The zero-order valence-corrected chi connectivity index (χ0v) is 12.3. The zero-order valence-electron chi connectivity index (χ0n) is 11.5. The highest BCUT2D eigenvalue weighted by atomic mass is 32.2. The van der Waals surface area contributed by atoms with Gasteiger partial charge in [0.15, 0.2) is 0 Å². The lowest BCUT2D eigenvalue weighted by molar-refractivity contribution is -0.146. The Labute approximate surface area is 126 Å². The molecule has 0 bridgehead atoms. The van der Waals surface area contributed by atoms with Crippen LogP contribution in [0.2, 0.25) is 0 Å². The molecule has 0 atom stereocenters. The minimum Gasteiger partial charge on any atom is -0.508 e. The van der Waals surface area contributed by atoms with Gasteiger partial charge in [-0.3, -0.25) is 4.79 Å². The van der Waals surface area contributed by atoms with E-state index in [0.717, 1.165) is 6.92 Å². The monoisotopic (exact) mass is 320 g/mol. The van der Waals surface area contributed by atoms with Gasteiger partial charge < -0.3 is 9.84 Å². The number of sulfone groups is 1. The molecule has 0 aliphatic rings. The summed E-state index contributed by atoms with van der Waals surface area (Å²) in [6.45, 7) is 1.08. The van der Waals surface area contributed by atoms with E-state index < -0.39 is 21.6 Å². The van der Waals surface area contributed by atoms with Crippen molar-refractivity contribution in [2.24, 2.45) is 0 Å². The van der Waals surface area contributed by atoms with Crippen LogP contribution in [-0.4, -0.2) is 25.3 Å². The molecule has 0 fully saturated rings. The highest BCUT2D eigenvalue weighted by molar-refractivity contribution is 7.91. The van der Waals surface area contributed by atoms with E-state index in [1.54, 1.807) is 0 Å². The second-order valence-electron chi connectivity index (χ2n) is 4.41. The molecule has 0 saturated heterocycles. The molecule has 2 aromatic carbocycles. The van der Waals surface area contributed by atoms with Crippen LogP contribution in [0.15, 0.2) is 58.3 Å². The SMILES string of the molecule is CC(=O)C(=O)Oc1ccc(S(=O)(=O)c2ccc(O)cc2)cc1. The van der Waals surface area contributed by atoms with Gasteiger partial charge in [0.1, 0.15) is 11.5 Å². The van der Waals surface area contributed by atoms with Crippen LogP contribution >= 0.6 is 0 Å². The molecule has 2 rings (SSSR count). The third-order valence-electron chi connectivity index (χ3n) is 2.78. The topological polar surface area (TPSA) is 97.7 Å². The summed E-state index contributed by atoms with van der Waals surface area (Å²) < 4.78 is 29.4. The van der Waals surface area contributed by atoms with Gasteiger partial charge in [-0.1, -0.05) is 0 Å². The Balaban J connectivity index is 2.28. The molecular formula is C15H12O6S. The van der Waals surface area contributed by atoms with Crippen LogP contribution in [0.25, 0.3) is 0 Å². The van der Waals surface area contributed by atoms with E-state index in [1.165, 1.54) is 48.5 Å². The number of aromatic hydroxyl groups is 1. The standard InChI is InChI=1S/C15H12O6S/c1-10(16)15(18)21-12-4-8-14(9-5-12)22(19,20)13-6-2-11(17)3-7-13/h2-9,17H,1H3. The highest BCUT2D eigenvalue weighted by Crippen LogP contribution is 2.24. The fraction of sp³-hybridized carbons (Fsp3) is 0.0667. The van der Waals surface area contributed by atoms with Crippen molar-refractivity contribution in [2.75, 3.05) is 0 Å². The van der Waals surface area contributed by atoms with Crippen LogP contribution in [-0.2, 0) is 19.4 Å². The third kappa shape index (κ3) is 3.32. The summed E-state index contributed by atoms with van der Waals surface area (Å²) in [6.07, 6.45) is 0. The van der Waals surface area contributed by atoms with Crippen molar-refractivity contribution in [1.29, 1.82) is 0 Å². The molecule has 1 N–H and O–H groups in total. The van der Waals surface area contributed by atoms with Crippen molar-refractivity contribution in [2.45, 2.75) is 16.7 Å². The van der Waals surface area contributed by atoms with Crippen molar-refractivity contribution >= 4 is 21.6 Å². The third-order valence-corrected chi connectivity index (χ3v) is 4.56. The molecule has 0 radical (unpaired) electrons.